The molecule has 2 aromatic rings. The second kappa shape index (κ2) is 6.94. The largest absolute Gasteiger partial charge is 0.494 e. The van der Waals surface area contributed by atoms with Crippen molar-refractivity contribution in [1.29, 1.82) is 0 Å². The van der Waals surface area contributed by atoms with Crippen LogP contribution in [0.3, 0.4) is 0 Å². The highest BCUT2D eigenvalue weighted by Gasteiger charge is 2.11. The predicted molar refractivity (Wildman–Crippen MR) is 81.1 cm³/mol. The van der Waals surface area contributed by atoms with Crippen molar-refractivity contribution in [2.75, 3.05) is 18.5 Å². The van der Waals surface area contributed by atoms with Gasteiger partial charge in [-0.05, 0) is 26.0 Å². The Kier molecular flexibility index (Phi) is 4.99. The SMILES string of the molecule is CCOc1ccc(OCC)c(Nc2ncc(C(=O)O)s2)c1. The van der Waals surface area contributed by atoms with Crippen LogP contribution in [0.4, 0.5) is 10.8 Å². The number of carboxylic acid groups (broad SMARTS) is 1. The highest BCUT2D eigenvalue weighted by molar-refractivity contribution is 7.17. The van der Waals surface area contributed by atoms with Crippen LogP contribution in [0.1, 0.15) is 23.5 Å². The average Bonchev–Trinajstić information content (AvgIpc) is 2.91. The van der Waals surface area contributed by atoms with Gasteiger partial charge in [-0.15, -0.1) is 0 Å². The summed E-state index contributed by atoms with van der Waals surface area (Å²) < 4.78 is 11.0. The molecule has 1 aromatic carbocycles. The van der Waals surface area contributed by atoms with Crippen LogP contribution in [-0.4, -0.2) is 29.3 Å². The fraction of sp³-hybridized carbons (Fsp3) is 0.286. The number of rotatable bonds is 7. The van der Waals surface area contributed by atoms with Gasteiger partial charge in [0, 0.05) is 6.07 Å². The Bertz CT molecular complexity index is 627. The Hall–Kier alpha value is -2.28. The summed E-state index contributed by atoms with van der Waals surface area (Å²) in [4.78, 5) is 15.1. The van der Waals surface area contributed by atoms with E-state index in [1.807, 2.05) is 26.0 Å². The molecular formula is C14H16N2O4S. The Morgan fingerprint density at radius 3 is 2.71 bits per heavy atom. The van der Waals surface area contributed by atoms with Gasteiger partial charge in [-0.2, -0.15) is 0 Å². The molecule has 0 amide bonds. The normalized spacial score (nSPS) is 10.2. The molecule has 6 nitrogen and oxygen atoms in total. The highest BCUT2D eigenvalue weighted by atomic mass is 32.1. The molecule has 2 rings (SSSR count). The second-order valence-corrected chi connectivity index (χ2v) is 5.01. The summed E-state index contributed by atoms with van der Waals surface area (Å²) in [5.74, 6) is 0.375. The topological polar surface area (TPSA) is 80.7 Å². The molecule has 0 bridgehead atoms. The zero-order chi connectivity index (χ0) is 15.2. The van der Waals surface area contributed by atoms with Crippen LogP contribution in [0.25, 0.3) is 0 Å². The number of benzene rings is 1. The number of nitrogens with one attached hydrogen (secondary N) is 1. The van der Waals surface area contributed by atoms with E-state index in [9.17, 15) is 4.79 Å². The third kappa shape index (κ3) is 3.85. The number of ether oxygens (including phenoxy) is 2. The van der Waals surface area contributed by atoms with E-state index < -0.39 is 5.97 Å². The zero-order valence-corrected chi connectivity index (χ0v) is 12.6. The molecule has 1 heterocycles. The van der Waals surface area contributed by atoms with E-state index in [4.69, 9.17) is 14.6 Å². The summed E-state index contributed by atoms with van der Waals surface area (Å²) in [6.07, 6.45) is 1.32. The molecule has 0 saturated carbocycles. The fourth-order valence-corrected chi connectivity index (χ4v) is 2.36. The van der Waals surface area contributed by atoms with E-state index >= 15 is 0 Å². The van der Waals surface area contributed by atoms with Crippen LogP contribution >= 0.6 is 11.3 Å². The van der Waals surface area contributed by atoms with Gasteiger partial charge in [0.15, 0.2) is 5.13 Å². The molecule has 7 heteroatoms. The van der Waals surface area contributed by atoms with E-state index in [1.54, 1.807) is 6.07 Å². The van der Waals surface area contributed by atoms with Crippen molar-refractivity contribution < 1.29 is 19.4 Å². The van der Waals surface area contributed by atoms with Crippen molar-refractivity contribution >= 4 is 28.1 Å². The van der Waals surface area contributed by atoms with Crippen molar-refractivity contribution in [2.45, 2.75) is 13.8 Å². The number of hydrogen-bond donors (Lipinski definition) is 2. The van der Waals surface area contributed by atoms with Crippen molar-refractivity contribution in [3.05, 3.63) is 29.3 Å². The van der Waals surface area contributed by atoms with Gasteiger partial charge < -0.3 is 19.9 Å². The molecule has 0 radical (unpaired) electrons. The maximum Gasteiger partial charge on any atom is 0.347 e. The number of aromatic nitrogens is 1. The Morgan fingerprint density at radius 2 is 2.10 bits per heavy atom. The van der Waals surface area contributed by atoms with Crippen molar-refractivity contribution in [2.24, 2.45) is 0 Å². The van der Waals surface area contributed by atoms with Gasteiger partial charge in [-0.1, -0.05) is 11.3 Å². The van der Waals surface area contributed by atoms with Gasteiger partial charge in [0.25, 0.3) is 0 Å². The zero-order valence-electron chi connectivity index (χ0n) is 11.8. The molecule has 0 saturated heterocycles. The minimum absolute atomic E-state index is 0.177. The fourth-order valence-electron chi connectivity index (χ4n) is 1.69. The number of nitrogens with zero attached hydrogens (tertiary/aromatic N) is 1. The summed E-state index contributed by atoms with van der Waals surface area (Å²) in [6, 6.07) is 5.43. The molecule has 1 aromatic heterocycles. The van der Waals surface area contributed by atoms with E-state index in [1.165, 1.54) is 6.20 Å². The molecule has 112 valence electrons. The Morgan fingerprint density at radius 1 is 1.33 bits per heavy atom. The molecule has 0 spiro atoms. The number of carbonyl (C=O) groups is 1. The summed E-state index contributed by atoms with van der Waals surface area (Å²) in [5, 5.41) is 12.5. The van der Waals surface area contributed by atoms with Crippen LogP contribution in [-0.2, 0) is 0 Å². The van der Waals surface area contributed by atoms with Crippen molar-refractivity contribution in [1.82, 2.24) is 4.98 Å². The maximum absolute atomic E-state index is 10.9. The maximum atomic E-state index is 10.9. The Balaban J connectivity index is 2.26. The summed E-state index contributed by atoms with van der Waals surface area (Å²) in [7, 11) is 0. The van der Waals surface area contributed by atoms with Crippen LogP contribution in [0, 0.1) is 0 Å². The third-order valence-electron chi connectivity index (χ3n) is 2.52. The number of thiazole rings is 1. The number of carboxylic acids is 1. The van der Waals surface area contributed by atoms with Crippen LogP contribution in [0.2, 0.25) is 0 Å². The van der Waals surface area contributed by atoms with E-state index in [0.29, 0.717) is 35.5 Å². The lowest BCUT2D eigenvalue weighted by molar-refractivity contribution is 0.0702. The van der Waals surface area contributed by atoms with Gasteiger partial charge in [-0.25, -0.2) is 9.78 Å². The highest BCUT2D eigenvalue weighted by Crippen LogP contribution is 2.33. The monoisotopic (exact) mass is 308 g/mol. The molecule has 0 aliphatic rings. The lowest BCUT2D eigenvalue weighted by atomic mass is 10.2. The molecule has 0 unspecified atom stereocenters. The van der Waals surface area contributed by atoms with Gasteiger partial charge in [0.1, 0.15) is 16.4 Å². The van der Waals surface area contributed by atoms with E-state index in [-0.39, 0.29) is 4.88 Å². The molecule has 21 heavy (non-hydrogen) atoms. The minimum atomic E-state index is -0.992. The molecule has 2 N–H and O–H groups in total. The van der Waals surface area contributed by atoms with Crippen LogP contribution < -0.4 is 14.8 Å². The van der Waals surface area contributed by atoms with Crippen LogP contribution in [0.15, 0.2) is 24.4 Å². The van der Waals surface area contributed by atoms with Crippen molar-refractivity contribution in [3.63, 3.8) is 0 Å². The quantitative estimate of drug-likeness (QED) is 0.816. The van der Waals surface area contributed by atoms with E-state index in [2.05, 4.69) is 10.3 Å². The van der Waals surface area contributed by atoms with E-state index in [0.717, 1.165) is 11.3 Å². The predicted octanol–water partition coefficient (Wildman–Crippen LogP) is 3.38. The van der Waals surface area contributed by atoms with Gasteiger partial charge in [0.2, 0.25) is 0 Å². The molecule has 0 atom stereocenters. The molecule has 0 aliphatic heterocycles. The standard InChI is InChI=1S/C14H16N2O4S/c1-3-19-9-5-6-11(20-4-2)10(7-9)16-14-15-8-12(21-14)13(17)18/h5-8H,3-4H2,1-2H3,(H,15,16)(H,17,18). The first-order chi connectivity index (χ1) is 10.1. The minimum Gasteiger partial charge on any atom is -0.494 e. The first-order valence-electron chi connectivity index (χ1n) is 6.49. The third-order valence-corrected chi connectivity index (χ3v) is 3.42. The lowest BCUT2D eigenvalue weighted by Gasteiger charge is -2.12. The van der Waals surface area contributed by atoms with Gasteiger partial charge in [-0.3, -0.25) is 0 Å². The van der Waals surface area contributed by atoms with Gasteiger partial charge >= 0.3 is 5.97 Å². The van der Waals surface area contributed by atoms with Crippen LogP contribution in [0.5, 0.6) is 11.5 Å². The number of hydrogen-bond acceptors (Lipinski definition) is 6. The lowest BCUT2D eigenvalue weighted by Crippen LogP contribution is -1.99. The summed E-state index contributed by atoms with van der Waals surface area (Å²) in [6.45, 7) is 4.89. The summed E-state index contributed by atoms with van der Waals surface area (Å²) in [5.41, 5.74) is 0.689. The molecule has 0 aliphatic carbocycles. The number of anilines is 2. The van der Waals surface area contributed by atoms with Gasteiger partial charge in [0.05, 0.1) is 25.1 Å². The number of aromatic carboxylic acids is 1. The molecule has 0 fully saturated rings. The Labute approximate surface area is 126 Å². The molecular weight excluding hydrogens is 292 g/mol. The first-order valence-corrected chi connectivity index (χ1v) is 7.31. The smallest absolute Gasteiger partial charge is 0.347 e. The average molecular weight is 308 g/mol. The summed E-state index contributed by atoms with van der Waals surface area (Å²) >= 11 is 1.06. The first kappa shape index (κ1) is 15.1. The second-order valence-electron chi connectivity index (χ2n) is 3.98. The van der Waals surface area contributed by atoms with Crippen molar-refractivity contribution in [3.8, 4) is 11.5 Å².